The molecule has 0 saturated carbocycles. The molecule has 1 aromatic heterocycles. The van der Waals surface area contributed by atoms with E-state index in [0.29, 0.717) is 6.10 Å². The first kappa shape index (κ1) is 7.80. The van der Waals surface area contributed by atoms with E-state index in [9.17, 15) is 0 Å². The van der Waals surface area contributed by atoms with Crippen LogP contribution >= 0.6 is 0 Å². The van der Waals surface area contributed by atoms with E-state index in [1.54, 1.807) is 0 Å². The summed E-state index contributed by atoms with van der Waals surface area (Å²) in [4.78, 5) is 0. The van der Waals surface area contributed by atoms with E-state index in [4.69, 9.17) is 4.74 Å². The molecule has 0 aromatic carbocycles. The molecular weight excluding hydrogens is 152 g/mol. The molecule has 1 aromatic rings. The van der Waals surface area contributed by atoms with Gasteiger partial charge in [0.25, 0.3) is 0 Å². The van der Waals surface area contributed by atoms with Crippen LogP contribution in [0.4, 0.5) is 0 Å². The zero-order chi connectivity index (χ0) is 8.55. The predicted octanol–water partition coefficient (Wildman–Crippen LogP) is 1.29. The van der Waals surface area contributed by atoms with Gasteiger partial charge < -0.3 is 4.74 Å². The van der Waals surface area contributed by atoms with Crippen LogP contribution in [0.3, 0.4) is 0 Å². The number of aromatic nitrogens is 2. The lowest BCUT2D eigenvalue weighted by Crippen LogP contribution is -2.31. The average Bonchev–Trinajstić information content (AvgIpc) is 2.21. The normalized spacial score (nSPS) is 22.3. The molecule has 2 rings (SSSR count). The fourth-order valence-corrected chi connectivity index (χ4v) is 1.48. The molecule has 0 radical (unpaired) electrons. The van der Waals surface area contributed by atoms with E-state index >= 15 is 0 Å². The quantitative estimate of drug-likeness (QED) is 0.662. The van der Waals surface area contributed by atoms with Crippen LogP contribution in [-0.2, 0) is 11.3 Å². The summed E-state index contributed by atoms with van der Waals surface area (Å²) in [5.41, 5.74) is 2.31. The van der Waals surface area contributed by atoms with Gasteiger partial charge in [-0.1, -0.05) is 0 Å². The van der Waals surface area contributed by atoms with E-state index in [2.05, 4.69) is 18.1 Å². The molecule has 0 spiro atoms. The molecule has 2 heterocycles. The van der Waals surface area contributed by atoms with Crippen molar-refractivity contribution < 1.29 is 4.74 Å². The summed E-state index contributed by atoms with van der Waals surface area (Å²) < 4.78 is 7.37. The van der Waals surface area contributed by atoms with Gasteiger partial charge in [-0.3, -0.25) is 4.68 Å². The Balaban J connectivity index is 2.05. The zero-order valence-electron chi connectivity index (χ0n) is 7.58. The van der Waals surface area contributed by atoms with Crippen LogP contribution in [0.15, 0.2) is 6.07 Å². The Morgan fingerprint density at radius 1 is 1.67 bits per heavy atom. The molecule has 1 atom stereocenters. The zero-order valence-corrected chi connectivity index (χ0v) is 7.58. The minimum Gasteiger partial charge on any atom is -0.376 e. The van der Waals surface area contributed by atoms with E-state index in [-0.39, 0.29) is 0 Å². The van der Waals surface area contributed by atoms with Gasteiger partial charge >= 0.3 is 0 Å². The Morgan fingerprint density at radius 2 is 2.42 bits per heavy atom. The minimum atomic E-state index is 0.406. The van der Waals surface area contributed by atoms with Gasteiger partial charge in [0.05, 0.1) is 18.3 Å². The van der Waals surface area contributed by atoms with Crippen LogP contribution in [0.1, 0.15) is 17.8 Å². The highest BCUT2D eigenvalue weighted by atomic mass is 16.5. The third kappa shape index (κ3) is 1.37. The van der Waals surface area contributed by atoms with Gasteiger partial charge in [0.2, 0.25) is 0 Å². The number of ether oxygens (including phenoxy) is 1. The molecule has 12 heavy (non-hydrogen) atoms. The Morgan fingerprint density at radius 3 is 2.83 bits per heavy atom. The van der Waals surface area contributed by atoms with Crippen molar-refractivity contribution in [3.8, 4) is 0 Å². The molecule has 1 aliphatic rings. The van der Waals surface area contributed by atoms with Gasteiger partial charge in [0.1, 0.15) is 0 Å². The molecule has 3 nitrogen and oxygen atoms in total. The summed E-state index contributed by atoms with van der Waals surface area (Å²) in [6.45, 7) is 5.94. The molecular formula is C9H14N2O. The first-order chi connectivity index (χ1) is 5.75. The lowest BCUT2D eigenvalue weighted by molar-refractivity contribution is -0.0612. The van der Waals surface area contributed by atoms with Gasteiger partial charge in [-0.15, -0.1) is 0 Å². The van der Waals surface area contributed by atoms with Crippen LogP contribution in [0.5, 0.6) is 0 Å². The molecule has 66 valence electrons. The highest BCUT2D eigenvalue weighted by Crippen LogP contribution is 2.14. The molecule has 1 fully saturated rings. The number of hydrogen-bond donors (Lipinski definition) is 0. The lowest BCUT2D eigenvalue weighted by atomic mass is 10.2. The lowest BCUT2D eigenvalue weighted by Gasteiger charge is -2.26. The van der Waals surface area contributed by atoms with Crippen LogP contribution in [0.2, 0.25) is 0 Å². The predicted molar refractivity (Wildman–Crippen MR) is 46.1 cm³/mol. The van der Waals surface area contributed by atoms with Gasteiger partial charge in [-0.25, -0.2) is 0 Å². The molecule has 0 N–H and O–H groups in total. The highest BCUT2D eigenvalue weighted by molar-refractivity contribution is 5.06. The molecule has 0 bridgehead atoms. The smallest absolute Gasteiger partial charge is 0.0792 e. The molecule has 1 unspecified atom stereocenters. The Bertz CT molecular complexity index is 276. The van der Waals surface area contributed by atoms with E-state index in [1.165, 1.54) is 12.1 Å². The van der Waals surface area contributed by atoms with Crippen molar-refractivity contribution in [1.82, 2.24) is 9.78 Å². The maximum absolute atomic E-state index is 5.34. The van der Waals surface area contributed by atoms with E-state index in [1.807, 2.05) is 11.6 Å². The van der Waals surface area contributed by atoms with Crippen molar-refractivity contribution in [3.05, 3.63) is 17.5 Å². The Kier molecular flexibility index (Phi) is 1.89. The fourth-order valence-electron chi connectivity index (χ4n) is 1.48. The molecule has 3 heteroatoms. The second-order valence-corrected chi connectivity index (χ2v) is 3.39. The van der Waals surface area contributed by atoms with Gasteiger partial charge in [0.15, 0.2) is 0 Å². The summed E-state index contributed by atoms with van der Waals surface area (Å²) in [5, 5.41) is 4.37. The first-order valence-electron chi connectivity index (χ1n) is 4.38. The van der Waals surface area contributed by atoms with Crippen molar-refractivity contribution in [2.24, 2.45) is 0 Å². The summed E-state index contributed by atoms with van der Waals surface area (Å²) >= 11 is 0. The fraction of sp³-hybridized carbons (Fsp3) is 0.667. The summed E-state index contributed by atoms with van der Waals surface area (Å²) in [5.74, 6) is 0. The number of aryl methyl sites for hydroxylation is 2. The molecule has 0 amide bonds. The third-order valence-electron chi connectivity index (χ3n) is 2.27. The monoisotopic (exact) mass is 166 g/mol. The van der Waals surface area contributed by atoms with Crippen LogP contribution in [0, 0.1) is 13.8 Å². The van der Waals surface area contributed by atoms with Crippen molar-refractivity contribution in [2.45, 2.75) is 32.9 Å². The molecule has 0 aliphatic carbocycles. The average molecular weight is 166 g/mol. The maximum Gasteiger partial charge on any atom is 0.0792 e. The third-order valence-corrected chi connectivity index (χ3v) is 2.27. The van der Waals surface area contributed by atoms with Crippen molar-refractivity contribution in [2.75, 3.05) is 6.61 Å². The topological polar surface area (TPSA) is 27.1 Å². The summed E-state index contributed by atoms with van der Waals surface area (Å²) in [6.07, 6.45) is 1.58. The van der Waals surface area contributed by atoms with Crippen LogP contribution in [-0.4, -0.2) is 22.5 Å². The summed E-state index contributed by atoms with van der Waals surface area (Å²) in [7, 11) is 0. The highest BCUT2D eigenvalue weighted by Gasteiger charge is 2.19. The van der Waals surface area contributed by atoms with Crippen molar-refractivity contribution in [1.29, 1.82) is 0 Å². The first-order valence-corrected chi connectivity index (χ1v) is 4.38. The largest absolute Gasteiger partial charge is 0.376 e. The van der Waals surface area contributed by atoms with Gasteiger partial charge in [-0.05, 0) is 26.3 Å². The van der Waals surface area contributed by atoms with E-state index < -0.39 is 0 Å². The number of nitrogens with zero attached hydrogens (tertiary/aromatic N) is 2. The second-order valence-electron chi connectivity index (χ2n) is 3.39. The SMILES string of the molecule is Cc1cc(C)n(CC2CCO2)n1. The van der Waals surface area contributed by atoms with Gasteiger partial charge in [-0.2, -0.15) is 5.10 Å². The van der Waals surface area contributed by atoms with Crippen LogP contribution < -0.4 is 0 Å². The minimum absolute atomic E-state index is 0.406. The van der Waals surface area contributed by atoms with Crippen molar-refractivity contribution >= 4 is 0 Å². The van der Waals surface area contributed by atoms with E-state index in [0.717, 1.165) is 18.8 Å². The van der Waals surface area contributed by atoms with Gasteiger partial charge in [0, 0.05) is 12.3 Å². The standard InChI is InChI=1S/C9H14N2O/c1-7-5-8(2)11(10-7)6-9-3-4-12-9/h5,9H,3-4,6H2,1-2H3. The molecule has 1 saturated heterocycles. The molecule has 1 aliphatic heterocycles. The second kappa shape index (κ2) is 2.90. The van der Waals surface area contributed by atoms with Crippen molar-refractivity contribution in [3.63, 3.8) is 0 Å². The number of hydrogen-bond acceptors (Lipinski definition) is 2. The summed E-state index contributed by atoms with van der Waals surface area (Å²) in [6, 6.07) is 2.10. The Labute approximate surface area is 72.3 Å². The Hall–Kier alpha value is -0.830. The maximum atomic E-state index is 5.34. The van der Waals surface area contributed by atoms with Crippen LogP contribution in [0.25, 0.3) is 0 Å². The number of rotatable bonds is 2.